The zero-order valence-corrected chi connectivity index (χ0v) is 16.5. The van der Waals surface area contributed by atoms with Crippen molar-refractivity contribution < 1.29 is 19.4 Å². The molecule has 1 atom stereocenters. The summed E-state index contributed by atoms with van der Waals surface area (Å²) in [5.74, 6) is -0.692. The molecular formula is C21H38O4. The molecule has 0 aliphatic heterocycles. The predicted molar refractivity (Wildman–Crippen MR) is 100 cm³/mol. The summed E-state index contributed by atoms with van der Waals surface area (Å²) in [5.41, 5.74) is 0. The summed E-state index contributed by atoms with van der Waals surface area (Å²) in [6.07, 6.45) is 11.9. The van der Waals surface area contributed by atoms with E-state index in [0.717, 1.165) is 19.3 Å². The molecule has 146 valence electrons. The first-order valence-corrected chi connectivity index (χ1v) is 10.4. The van der Waals surface area contributed by atoms with E-state index in [0.29, 0.717) is 31.6 Å². The highest BCUT2D eigenvalue weighted by atomic mass is 16.5. The van der Waals surface area contributed by atoms with E-state index < -0.39 is 5.97 Å². The Kier molecular flexibility index (Phi) is 10.8. The van der Waals surface area contributed by atoms with Crippen LogP contribution in [0.15, 0.2) is 0 Å². The van der Waals surface area contributed by atoms with Crippen molar-refractivity contribution in [1.82, 2.24) is 0 Å². The van der Waals surface area contributed by atoms with Crippen molar-refractivity contribution in [3.05, 3.63) is 0 Å². The Bertz CT molecular complexity index is 383. The summed E-state index contributed by atoms with van der Waals surface area (Å²) in [5, 5.41) is 9.07. The fraction of sp³-hybridized carbons (Fsp3) is 0.905. The topological polar surface area (TPSA) is 63.6 Å². The largest absolute Gasteiger partial charge is 0.481 e. The molecule has 0 amide bonds. The van der Waals surface area contributed by atoms with E-state index in [2.05, 4.69) is 20.8 Å². The second-order valence-electron chi connectivity index (χ2n) is 8.13. The predicted octanol–water partition coefficient (Wildman–Crippen LogP) is 5.59. The van der Waals surface area contributed by atoms with Crippen molar-refractivity contribution in [3.8, 4) is 0 Å². The van der Waals surface area contributed by atoms with Crippen LogP contribution in [0.5, 0.6) is 0 Å². The van der Waals surface area contributed by atoms with Gasteiger partial charge in [-0.1, -0.05) is 52.9 Å². The highest BCUT2D eigenvalue weighted by molar-refractivity contribution is 5.74. The molecule has 1 N–H and O–H groups in total. The van der Waals surface area contributed by atoms with Crippen LogP contribution in [0.2, 0.25) is 0 Å². The lowest BCUT2D eigenvalue weighted by atomic mass is 9.82. The number of carbonyl (C=O) groups is 2. The second-order valence-corrected chi connectivity index (χ2v) is 8.13. The van der Waals surface area contributed by atoms with Gasteiger partial charge in [-0.2, -0.15) is 0 Å². The molecule has 1 aliphatic rings. The Hall–Kier alpha value is -1.06. The van der Waals surface area contributed by atoms with Gasteiger partial charge in [-0.25, -0.2) is 0 Å². The van der Waals surface area contributed by atoms with Gasteiger partial charge in [0.1, 0.15) is 6.10 Å². The third kappa shape index (κ3) is 9.27. The number of unbranched alkanes of at least 4 members (excludes halogenated alkanes) is 5. The maximum Gasteiger partial charge on any atom is 0.309 e. The van der Waals surface area contributed by atoms with Crippen LogP contribution >= 0.6 is 0 Å². The van der Waals surface area contributed by atoms with Crippen molar-refractivity contribution in [3.63, 3.8) is 0 Å². The molecule has 25 heavy (non-hydrogen) atoms. The molecular weight excluding hydrogens is 316 g/mol. The van der Waals surface area contributed by atoms with E-state index >= 15 is 0 Å². The molecule has 0 spiro atoms. The summed E-state index contributed by atoms with van der Waals surface area (Å²) >= 11 is 0. The quantitative estimate of drug-likeness (QED) is 0.367. The van der Waals surface area contributed by atoms with Crippen LogP contribution in [0.1, 0.15) is 97.8 Å². The fourth-order valence-corrected chi connectivity index (χ4v) is 3.74. The minimum absolute atomic E-state index is 0.0240. The van der Waals surface area contributed by atoms with Gasteiger partial charge in [0.25, 0.3) is 0 Å². The van der Waals surface area contributed by atoms with Crippen LogP contribution in [-0.2, 0) is 14.3 Å². The number of esters is 1. The van der Waals surface area contributed by atoms with Gasteiger partial charge < -0.3 is 9.84 Å². The van der Waals surface area contributed by atoms with Crippen LogP contribution < -0.4 is 0 Å². The van der Waals surface area contributed by atoms with Crippen molar-refractivity contribution in [1.29, 1.82) is 0 Å². The zero-order valence-electron chi connectivity index (χ0n) is 16.5. The maximum atomic E-state index is 12.5. The summed E-state index contributed by atoms with van der Waals surface area (Å²) in [6.45, 7) is 6.56. The van der Waals surface area contributed by atoms with Gasteiger partial charge in [-0.15, -0.1) is 0 Å². The Labute approximate surface area is 153 Å². The molecule has 4 heteroatoms. The highest BCUT2D eigenvalue weighted by Crippen LogP contribution is 2.30. The van der Waals surface area contributed by atoms with Crippen LogP contribution in [0.25, 0.3) is 0 Å². The number of hydrogen-bond acceptors (Lipinski definition) is 3. The number of rotatable bonds is 12. The first-order chi connectivity index (χ1) is 11.9. The lowest BCUT2D eigenvalue weighted by Gasteiger charge is -2.27. The van der Waals surface area contributed by atoms with Crippen molar-refractivity contribution in [2.45, 2.75) is 104 Å². The lowest BCUT2D eigenvalue weighted by molar-refractivity contribution is -0.158. The van der Waals surface area contributed by atoms with E-state index in [1.165, 1.54) is 32.1 Å². The molecule has 0 radical (unpaired) electrons. The minimum Gasteiger partial charge on any atom is -0.481 e. The average molecular weight is 355 g/mol. The van der Waals surface area contributed by atoms with Crippen molar-refractivity contribution >= 4 is 11.9 Å². The molecule has 1 fully saturated rings. The Morgan fingerprint density at radius 3 is 2.08 bits per heavy atom. The van der Waals surface area contributed by atoms with E-state index in [4.69, 9.17) is 9.84 Å². The van der Waals surface area contributed by atoms with E-state index in [1.54, 1.807) is 0 Å². The normalized spacial score (nSPS) is 21.9. The summed E-state index contributed by atoms with van der Waals surface area (Å²) < 4.78 is 5.84. The molecule has 0 aromatic carbocycles. The van der Waals surface area contributed by atoms with Crippen LogP contribution in [0, 0.1) is 17.8 Å². The summed E-state index contributed by atoms with van der Waals surface area (Å²) in [6, 6.07) is 0. The van der Waals surface area contributed by atoms with Gasteiger partial charge in [-0.05, 0) is 50.9 Å². The first-order valence-electron chi connectivity index (χ1n) is 10.4. The molecule has 0 aromatic heterocycles. The SMILES string of the molecule is CCCCCCCCC(CC(C)C)OC(=O)C1CCC(C(=O)O)CC1. The number of hydrogen-bond donors (Lipinski definition) is 1. The van der Waals surface area contributed by atoms with Gasteiger partial charge >= 0.3 is 11.9 Å². The molecule has 1 aliphatic carbocycles. The van der Waals surface area contributed by atoms with Gasteiger partial charge in [0.2, 0.25) is 0 Å². The number of carboxylic acid groups (broad SMARTS) is 1. The van der Waals surface area contributed by atoms with E-state index in [-0.39, 0.29) is 23.9 Å². The molecule has 4 nitrogen and oxygen atoms in total. The standard InChI is InChI=1S/C21H38O4/c1-4-5-6-7-8-9-10-19(15-16(2)3)25-21(24)18-13-11-17(12-14-18)20(22)23/h16-19H,4-15H2,1-3H3,(H,22,23). The zero-order chi connectivity index (χ0) is 18.7. The van der Waals surface area contributed by atoms with E-state index in [1.807, 2.05) is 0 Å². The molecule has 0 saturated heterocycles. The fourth-order valence-electron chi connectivity index (χ4n) is 3.74. The minimum atomic E-state index is -0.729. The van der Waals surface area contributed by atoms with Crippen molar-refractivity contribution in [2.75, 3.05) is 0 Å². The smallest absolute Gasteiger partial charge is 0.309 e. The Balaban J connectivity index is 2.35. The molecule has 1 saturated carbocycles. The summed E-state index contributed by atoms with van der Waals surface area (Å²) in [4.78, 5) is 23.5. The molecule has 1 unspecified atom stereocenters. The lowest BCUT2D eigenvalue weighted by Crippen LogP contribution is -2.30. The summed E-state index contributed by atoms with van der Waals surface area (Å²) in [7, 11) is 0. The van der Waals surface area contributed by atoms with Crippen LogP contribution in [0.4, 0.5) is 0 Å². The second kappa shape index (κ2) is 12.3. The van der Waals surface area contributed by atoms with Gasteiger partial charge in [0.05, 0.1) is 11.8 Å². The first kappa shape index (κ1) is 22.0. The molecule has 0 bridgehead atoms. The number of carboxylic acids is 1. The van der Waals surface area contributed by atoms with Gasteiger partial charge in [0, 0.05) is 0 Å². The van der Waals surface area contributed by atoms with Crippen LogP contribution in [-0.4, -0.2) is 23.1 Å². The number of carbonyl (C=O) groups excluding carboxylic acids is 1. The highest BCUT2D eigenvalue weighted by Gasteiger charge is 2.31. The third-order valence-electron chi connectivity index (χ3n) is 5.31. The molecule has 0 aromatic rings. The van der Waals surface area contributed by atoms with Gasteiger partial charge in [0.15, 0.2) is 0 Å². The number of ether oxygens (including phenoxy) is 1. The molecule has 0 heterocycles. The van der Waals surface area contributed by atoms with Crippen molar-refractivity contribution in [2.24, 2.45) is 17.8 Å². The number of aliphatic carboxylic acids is 1. The monoisotopic (exact) mass is 354 g/mol. The van der Waals surface area contributed by atoms with Crippen LogP contribution in [0.3, 0.4) is 0 Å². The average Bonchev–Trinajstić information content (AvgIpc) is 2.57. The third-order valence-corrected chi connectivity index (χ3v) is 5.31. The maximum absolute atomic E-state index is 12.5. The van der Waals surface area contributed by atoms with E-state index in [9.17, 15) is 9.59 Å². The Morgan fingerprint density at radius 1 is 0.960 bits per heavy atom. The Morgan fingerprint density at radius 2 is 1.52 bits per heavy atom. The van der Waals surface area contributed by atoms with Gasteiger partial charge in [-0.3, -0.25) is 9.59 Å². The molecule has 1 rings (SSSR count).